The molecule has 2 aliphatic rings. The standard InChI is InChI=1S/C17H24N2O3/c1-21-14-6-4-13(5-7-14)17(8-2-3-9-17)19-16(20)15-12-18-10-11-22-15/h4-7,15,18H,2-3,8-12H2,1H3,(H,19,20). The van der Waals surface area contributed by atoms with E-state index in [-0.39, 0.29) is 17.6 Å². The molecule has 120 valence electrons. The molecule has 22 heavy (non-hydrogen) atoms. The Bertz CT molecular complexity index is 503. The Morgan fingerprint density at radius 1 is 1.32 bits per heavy atom. The lowest BCUT2D eigenvalue weighted by molar-refractivity contribution is -0.136. The summed E-state index contributed by atoms with van der Waals surface area (Å²) in [6.07, 6.45) is 3.84. The predicted molar refractivity (Wildman–Crippen MR) is 83.9 cm³/mol. The summed E-state index contributed by atoms with van der Waals surface area (Å²) in [5.74, 6) is 0.827. The van der Waals surface area contributed by atoms with Crippen molar-refractivity contribution in [2.24, 2.45) is 0 Å². The largest absolute Gasteiger partial charge is 0.497 e. The molecule has 1 heterocycles. The quantitative estimate of drug-likeness (QED) is 0.886. The summed E-state index contributed by atoms with van der Waals surface area (Å²) in [5, 5.41) is 6.48. The lowest BCUT2D eigenvalue weighted by Crippen LogP contribution is -2.53. The molecular formula is C17H24N2O3. The van der Waals surface area contributed by atoms with Crippen molar-refractivity contribution in [3.63, 3.8) is 0 Å². The van der Waals surface area contributed by atoms with Gasteiger partial charge in [-0.3, -0.25) is 4.79 Å². The van der Waals surface area contributed by atoms with Crippen LogP contribution in [0.3, 0.4) is 0 Å². The molecule has 1 aliphatic carbocycles. The summed E-state index contributed by atoms with van der Waals surface area (Å²) in [5.41, 5.74) is 0.896. The second kappa shape index (κ2) is 6.67. The second-order valence-electron chi connectivity index (χ2n) is 6.07. The minimum absolute atomic E-state index is 0.00934. The monoisotopic (exact) mass is 304 g/mol. The Morgan fingerprint density at radius 2 is 2.05 bits per heavy atom. The van der Waals surface area contributed by atoms with Crippen LogP contribution >= 0.6 is 0 Å². The zero-order valence-corrected chi connectivity index (χ0v) is 13.1. The van der Waals surface area contributed by atoms with Crippen molar-refractivity contribution in [1.29, 1.82) is 0 Å². The summed E-state index contributed by atoms with van der Waals surface area (Å²) in [6.45, 7) is 1.99. The number of hydrogen-bond donors (Lipinski definition) is 2. The van der Waals surface area contributed by atoms with E-state index < -0.39 is 0 Å². The van der Waals surface area contributed by atoms with Gasteiger partial charge in [-0.25, -0.2) is 0 Å². The molecule has 0 radical (unpaired) electrons. The molecule has 0 aromatic heterocycles. The third-order valence-electron chi connectivity index (χ3n) is 4.68. The normalized spacial score (nSPS) is 24.0. The minimum atomic E-state index is -0.385. The van der Waals surface area contributed by atoms with Crippen molar-refractivity contribution in [1.82, 2.24) is 10.6 Å². The van der Waals surface area contributed by atoms with Crippen LogP contribution in [0, 0.1) is 0 Å². The molecule has 1 aromatic rings. The van der Waals surface area contributed by atoms with E-state index >= 15 is 0 Å². The predicted octanol–water partition coefficient (Wildman–Crippen LogP) is 1.57. The summed E-state index contributed by atoms with van der Waals surface area (Å²) in [7, 11) is 1.66. The Labute approximate surface area is 131 Å². The van der Waals surface area contributed by atoms with E-state index in [0.29, 0.717) is 13.2 Å². The number of methoxy groups -OCH3 is 1. The number of morpholine rings is 1. The fourth-order valence-corrected chi connectivity index (χ4v) is 3.42. The van der Waals surface area contributed by atoms with Gasteiger partial charge in [0.05, 0.1) is 19.3 Å². The van der Waals surface area contributed by atoms with Gasteiger partial charge in [-0.1, -0.05) is 25.0 Å². The highest BCUT2D eigenvalue weighted by atomic mass is 16.5. The van der Waals surface area contributed by atoms with Crippen molar-refractivity contribution >= 4 is 5.91 Å². The van der Waals surface area contributed by atoms with Crippen LogP contribution < -0.4 is 15.4 Å². The molecule has 0 bridgehead atoms. The first-order valence-electron chi connectivity index (χ1n) is 8.02. The number of carbonyl (C=O) groups excluding carboxylic acids is 1. The van der Waals surface area contributed by atoms with Crippen LogP contribution in [0.5, 0.6) is 5.75 Å². The molecule has 1 aliphatic heterocycles. The van der Waals surface area contributed by atoms with Crippen LogP contribution in [-0.2, 0) is 15.1 Å². The third kappa shape index (κ3) is 3.10. The van der Waals surface area contributed by atoms with Gasteiger partial charge in [-0.15, -0.1) is 0 Å². The molecule has 1 unspecified atom stereocenters. The topological polar surface area (TPSA) is 59.6 Å². The molecule has 1 saturated heterocycles. The van der Waals surface area contributed by atoms with E-state index in [0.717, 1.165) is 43.5 Å². The summed E-state index contributed by atoms with van der Waals surface area (Å²) in [4.78, 5) is 12.6. The Balaban J connectivity index is 1.76. The Kier molecular flexibility index (Phi) is 4.64. The molecule has 2 fully saturated rings. The number of amides is 1. The fraction of sp³-hybridized carbons (Fsp3) is 0.588. The summed E-state index contributed by atoms with van der Waals surface area (Å²) < 4.78 is 10.8. The molecular weight excluding hydrogens is 280 g/mol. The van der Waals surface area contributed by atoms with Crippen molar-refractivity contribution in [3.05, 3.63) is 29.8 Å². The van der Waals surface area contributed by atoms with E-state index in [2.05, 4.69) is 22.8 Å². The average molecular weight is 304 g/mol. The van der Waals surface area contributed by atoms with Gasteiger partial charge in [0.2, 0.25) is 0 Å². The van der Waals surface area contributed by atoms with Gasteiger partial charge >= 0.3 is 0 Å². The van der Waals surface area contributed by atoms with Crippen LogP contribution in [0.25, 0.3) is 0 Å². The smallest absolute Gasteiger partial charge is 0.251 e. The first-order valence-corrected chi connectivity index (χ1v) is 8.02. The molecule has 1 saturated carbocycles. The van der Waals surface area contributed by atoms with Crippen LogP contribution in [0.4, 0.5) is 0 Å². The maximum Gasteiger partial charge on any atom is 0.251 e. The van der Waals surface area contributed by atoms with E-state index in [9.17, 15) is 4.79 Å². The number of nitrogens with one attached hydrogen (secondary N) is 2. The molecule has 5 heteroatoms. The maximum atomic E-state index is 12.6. The SMILES string of the molecule is COc1ccc(C2(NC(=O)C3CNCCO3)CCCC2)cc1. The van der Waals surface area contributed by atoms with Crippen molar-refractivity contribution in [3.8, 4) is 5.75 Å². The van der Waals surface area contributed by atoms with E-state index in [1.165, 1.54) is 0 Å². The van der Waals surface area contributed by atoms with Crippen LogP contribution in [-0.4, -0.2) is 38.8 Å². The Morgan fingerprint density at radius 3 is 2.64 bits per heavy atom. The Hall–Kier alpha value is -1.59. The van der Waals surface area contributed by atoms with Crippen LogP contribution in [0.15, 0.2) is 24.3 Å². The van der Waals surface area contributed by atoms with Crippen LogP contribution in [0.2, 0.25) is 0 Å². The first-order chi connectivity index (χ1) is 10.7. The molecule has 0 spiro atoms. The van der Waals surface area contributed by atoms with E-state index in [1.54, 1.807) is 7.11 Å². The zero-order chi connectivity index (χ0) is 15.4. The van der Waals surface area contributed by atoms with Gasteiger partial charge in [-0.2, -0.15) is 0 Å². The number of rotatable bonds is 4. The molecule has 1 amide bonds. The molecule has 1 atom stereocenters. The zero-order valence-electron chi connectivity index (χ0n) is 13.1. The molecule has 2 N–H and O–H groups in total. The molecule has 1 aromatic carbocycles. The lowest BCUT2D eigenvalue weighted by Gasteiger charge is -2.34. The minimum Gasteiger partial charge on any atom is -0.497 e. The van der Waals surface area contributed by atoms with Gasteiger partial charge < -0.3 is 20.1 Å². The number of hydrogen-bond acceptors (Lipinski definition) is 4. The van der Waals surface area contributed by atoms with Gasteiger partial charge in [-0.05, 0) is 30.5 Å². The number of ether oxygens (including phenoxy) is 2. The van der Waals surface area contributed by atoms with Gasteiger partial charge in [0.1, 0.15) is 11.9 Å². The second-order valence-corrected chi connectivity index (χ2v) is 6.07. The third-order valence-corrected chi connectivity index (χ3v) is 4.68. The van der Waals surface area contributed by atoms with Crippen LogP contribution in [0.1, 0.15) is 31.2 Å². The fourth-order valence-electron chi connectivity index (χ4n) is 3.42. The van der Waals surface area contributed by atoms with Crippen molar-refractivity contribution in [2.75, 3.05) is 26.8 Å². The lowest BCUT2D eigenvalue weighted by atomic mass is 9.87. The number of carbonyl (C=O) groups is 1. The highest BCUT2D eigenvalue weighted by Crippen LogP contribution is 2.39. The highest BCUT2D eigenvalue weighted by molar-refractivity contribution is 5.82. The van der Waals surface area contributed by atoms with Gasteiger partial charge in [0.15, 0.2) is 0 Å². The summed E-state index contributed by atoms with van der Waals surface area (Å²) in [6, 6.07) is 8.04. The van der Waals surface area contributed by atoms with E-state index in [4.69, 9.17) is 9.47 Å². The maximum absolute atomic E-state index is 12.6. The average Bonchev–Trinajstić information content (AvgIpc) is 3.05. The van der Waals surface area contributed by atoms with Crippen molar-refractivity contribution < 1.29 is 14.3 Å². The van der Waals surface area contributed by atoms with Gasteiger partial charge in [0.25, 0.3) is 5.91 Å². The van der Waals surface area contributed by atoms with Crippen molar-refractivity contribution in [2.45, 2.75) is 37.3 Å². The molecule has 3 rings (SSSR count). The first kappa shape index (κ1) is 15.3. The van der Waals surface area contributed by atoms with Gasteiger partial charge in [0, 0.05) is 13.1 Å². The molecule has 5 nitrogen and oxygen atoms in total. The highest BCUT2D eigenvalue weighted by Gasteiger charge is 2.38. The van der Waals surface area contributed by atoms with E-state index in [1.807, 2.05) is 12.1 Å². The summed E-state index contributed by atoms with van der Waals surface area (Å²) >= 11 is 0. The number of benzene rings is 1.